The van der Waals surface area contributed by atoms with Crippen molar-refractivity contribution in [1.29, 1.82) is 0 Å². The van der Waals surface area contributed by atoms with E-state index in [0.29, 0.717) is 12.0 Å². The van der Waals surface area contributed by atoms with E-state index in [4.69, 9.17) is 4.42 Å². The zero-order valence-electron chi connectivity index (χ0n) is 17.5. The summed E-state index contributed by atoms with van der Waals surface area (Å²) in [7, 11) is 0. The number of hydrogen-bond donors (Lipinski definition) is 1. The second-order valence-corrected chi connectivity index (χ2v) is 8.97. The summed E-state index contributed by atoms with van der Waals surface area (Å²) in [6.45, 7) is 4.26. The number of aromatic nitrogens is 3. The lowest BCUT2D eigenvalue weighted by Gasteiger charge is -2.25. The van der Waals surface area contributed by atoms with E-state index in [2.05, 4.69) is 40.0 Å². The molecule has 0 saturated heterocycles. The van der Waals surface area contributed by atoms with Crippen LogP contribution in [0.3, 0.4) is 0 Å². The van der Waals surface area contributed by atoms with E-state index in [-0.39, 0.29) is 11.7 Å². The number of thioether (sulfide) groups is 1. The second kappa shape index (κ2) is 9.51. The minimum atomic E-state index is -0.0363. The Balaban J connectivity index is 1.50. The quantitative estimate of drug-likeness (QED) is 0.478. The Hall–Kier alpha value is -2.54. The Morgan fingerprint density at radius 3 is 2.70 bits per heavy atom. The highest BCUT2D eigenvalue weighted by Crippen LogP contribution is 2.35. The number of nitrogens with one attached hydrogen (secondary N) is 1. The van der Waals surface area contributed by atoms with Crippen molar-refractivity contribution in [2.75, 3.05) is 11.1 Å². The SMILES string of the molecule is CC(C)c1ccccc1NC(=O)CSc1nnc(-c2ccco2)n1C1CCCCC1. The molecule has 1 aliphatic carbocycles. The molecule has 7 heteroatoms. The lowest BCUT2D eigenvalue weighted by Crippen LogP contribution is -2.18. The summed E-state index contributed by atoms with van der Waals surface area (Å²) >= 11 is 1.44. The smallest absolute Gasteiger partial charge is 0.234 e. The molecule has 0 radical (unpaired) electrons. The first-order chi connectivity index (χ1) is 14.6. The van der Waals surface area contributed by atoms with Crippen LogP contribution in [0.1, 0.15) is 63.5 Å². The van der Waals surface area contributed by atoms with Gasteiger partial charge in [0.1, 0.15) is 0 Å². The average Bonchev–Trinajstić information content (AvgIpc) is 3.43. The Kier molecular flexibility index (Phi) is 6.57. The Labute approximate surface area is 181 Å². The molecule has 4 rings (SSSR count). The largest absolute Gasteiger partial charge is 0.461 e. The molecular weight excluding hydrogens is 396 g/mol. The highest BCUT2D eigenvalue weighted by atomic mass is 32.2. The van der Waals surface area contributed by atoms with Gasteiger partial charge in [-0.1, -0.05) is 63.1 Å². The van der Waals surface area contributed by atoms with Crippen LogP contribution < -0.4 is 5.32 Å². The molecule has 0 bridgehead atoms. The van der Waals surface area contributed by atoms with Gasteiger partial charge < -0.3 is 9.73 Å². The molecule has 0 atom stereocenters. The third-order valence-corrected chi connectivity index (χ3v) is 6.48. The molecule has 3 aromatic rings. The topological polar surface area (TPSA) is 73.0 Å². The highest BCUT2D eigenvalue weighted by molar-refractivity contribution is 7.99. The van der Waals surface area contributed by atoms with Gasteiger partial charge in [-0.05, 0) is 42.5 Å². The molecule has 2 aromatic heterocycles. The van der Waals surface area contributed by atoms with E-state index in [9.17, 15) is 4.79 Å². The van der Waals surface area contributed by atoms with Crippen molar-refractivity contribution >= 4 is 23.4 Å². The van der Waals surface area contributed by atoms with Crippen LogP contribution >= 0.6 is 11.8 Å². The highest BCUT2D eigenvalue weighted by Gasteiger charge is 2.25. The molecule has 0 aliphatic heterocycles. The van der Waals surface area contributed by atoms with Crippen LogP contribution in [0.2, 0.25) is 0 Å². The molecule has 0 spiro atoms. The molecule has 1 fully saturated rings. The fraction of sp³-hybridized carbons (Fsp3) is 0.435. The van der Waals surface area contributed by atoms with Gasteiger partial charge in [-0.15, -0.1) is 10.2 Å². The number of para-hydroxylation sites is 1. The zero-order valence-corrected chi connectivity index (χ0v) is 18.3. The van der Waals surface area contributed by atoms with Gasteiger partial charge >= 0.3 is 0 Å². The summed E-state index contributed by atoms with van der Waals surface area (Å²) in [5.74, 6) is 2.07. The number of anilines is 1. The maximum atomic E-state index is 12.7. The van der Waals surface area contributed by atoms with Crippen LogP contribution in [0.15, 0.2) is 52.2 Å². The summed E-state index contributed by atoms with van der Waals surface area (Å²) in [5, 5.41) is 12.6. The first-order valence-corrected chi connectivity index (χ1v) is 11.6. The van der Waals surface area contributed by atoms with Crippen LogP contribution in [0.4, 0.5) is 5.69 Å². The van der Waals surface area contributed by atoms with E-state index in [1.54, 1.807) is 6.26 Å². The number of furan rings is 1. The van der Waals surface area contributed by atoms with Gasteiger partial charge in [0, 0.05) is 11.7 Å². The van der Waals surface area contributed by atoms with Crippen LogP contribution in [0, 0.1) is 0 Å². The molecular formula is C23H28N4O2S. The number of hydrogen-bond acceptors (Lipinski definition) is 5. The van der Waals surface area contributed by atoms with Crippen LogP contribution in [-0.2, 0) is 4.79 Å². The third-order valence-electron chi connectivity index (χ3n) is 5.54. The second-order valence-electron chi connectivity index (χ2n) is 8.02. The van der Waals surface area contributed by atoms with E-state index < -0.39 is 0 Å². The number of carbonyl (C=O) groups excluding carboxylic acids is 1. The van der Waals surface area contributed by atoms with Crippen molar-refractivity contribution in [3.63, 3.8) is 0 Å². The van der Waals surface area contributed by atoms with Gasteiger partial charge in [0.05, 0.1) is 12.0 Å². The third kappa shape index (κ3) is 4.61. The van der Waals surface area contributed by atoms with Gasteiger partial charge in [0.15, 0.2) is 10.9 Å². The van der Waals surface area contributed by atoms with E-state index in [0.717, 1.165) is 40.8 Å². The van der Waals surface area contributed by atoms with Crippen molar-refractivity contribution in [3.05, 3.63) is 48.2 Å². The minimum Gasteiger partial charge on any atom is -0.461 e. The molecule has 1 aromatic carbocycles. The first-order valence-electron chi connectivity index (χ1n) is 10.6. The number of rotatable bonds is 7. The maximum absolute atomic E-state index is 12.7. The van der Waals surface area contributed by atoms with E-state index in [1.165, 1.54) is 31.0 Å². The summed E-state index contributed by atoms with van der Waals surface area (Å²) in [5.41, 5.74) is 2.02. The molecule has 30 heavy (non-hydrogen) atoms. The fourth-order valence-corrected chi connectivity index (χ4v) is 4.85. The zero-order chi connectivity index (χ0) is 20.9. The molecule has 1 amide bonds. The maximum Gasteiger partial charge on any atom is 0.234 e. The molecule has 1 aliphatic rings. The van der Waals surface area contributed by atoms with Crippen LogP contribution in [0.5, 0.6) is 0 Å². The van der Waals surface area contributed by atoms with Crippen molar-refractivity contribution in [2.45, 2.75) is 63.1 Å². The summed E-state index contributed by atoms with van der Waals surface area (Å²) < 4.78 is 7.77. The molecule has 1 saturated carbocycles. The van der Waals surface area contributed by atoms with E-state index >= 15 is 0 Å². The summed E-state index contributed by atoms with van der Waals surface area (Å²) in [6, 6.07) is 12.1. The number of benzene rings is 1. The lowest BCUT2D eigenvalue weighted by molar-refractivity contribution is -0.113. The van der Waals surface area contributed by atoms with Crippen molar-refractivity contribution in [1.82, 2.24) is 14.8 Å². The van der Waals surface area contributed by atoms with Gasteiger partial charge in [0.2, 0.25) is 11.7 Å². The normalized spacial score (nSPS) is 14.9. The Morgan fingerprint density at radius 2 is 1.97 bits per heavy atom. The lowest BCUT2D eigenvalue weighted by atomic mass is 9.95. The standard InChI is InChI=1S/C23H28N4O2S/c1-16(2)18-11-6-7-12-19(18)24-21(28)15-30-23-26-25-22(20-13-8-14-29-20)27(23)17-9-4-3-5-10-17/h6-8,11-14,16-17H,3-5,9-10,15H2,1-2H3,(H,24,28). The van der Waals surface area contributed by atoms with E-state index in [1.807, 2.05) is 30.3 Å². The summed E-state index contributed by atoms with van der Waals surface area (Å²) in [4.78, 5) is 12.7. The molecule has 158 valence electrons. The van der Waals surface area contributed by atoms with Gasteiger partial charge in [-0.25, -0.2) is 0 Å². The van der Waals surface area contributed by atoms with Crippen molar-refractivity contribution in [2.24, 2.45) is 0 Å². The van der Waals surface area contributed by atoms with Gasteiger partial charge in [-0.2, -0.15) is 0 Å². The predicted molar refractivity (Wildman–Crippen MR) is 120 cm³/mol. The predicted octanol–water partition coefficient (Wildman–Crippen LogP) is 5.90. The Bertz CT molecular complexity index is 975. The fourth-order valence-electron chi connectivity index (χ4n) is 4.05. The Morgan fingerprint density at radius 1 is 1.17 bits per heavy atom. The molecule has 0 unspecified atom stereocenters. The number of carbonyl (C=O) groups is 1. The van der Waals surface area contributed by atoms with Gasteiger partial charge in [-0.3, -0.25) is 9.36 Å². The number of nitrogens with zero attached hydrogens (tertiary/aromatic N) is 3. The van der Waals surface area contributed by atoms with Gasteiger partial charge in [0.25, 0.3) is 0 Å². The van der Waals surface area contributed by atoms with Crippen LogP contribution in [0.25, 0.3) is 11.6 Å². The first kappa shape index (κ1) is 20.7. The molecule has 1 N–H and O–H groups in total. The number of amides is 1. The average molecular weight is 425 g/mol. The summed E-state index contributed by atoms with van der Waals surface area (Å²) in [6.07, 6.45) is 7.55. The monoisotopic (exact) mass is 424 g/mol. The molecule has 6 nitrogen and oxygen atoms in total. The minimum absolute atomic E-state index is 0.0363. The van der Waals surface area contributed by atoms with Crippen molar-refractivity contribution < 1.29 is 9.21 Å². The van der Waals surface area contributed by atoms with Crippen molar-refractivity contribution in [3.8, 4) is 11.6 Å². The molecule has 2 heterocycles. The van der Waals surface area contributed by atoms with Crippen LogP contribution in [-0.4, -0.2) is 26.4 Å².